The Kier molecular flexibility index (Phi) is 2.66. The van der Waals surface area contributed by atoms with E-state index in [1.54, 1.807) is 6.20 Å². The van der Waals surface area contributed by atoms with E-state index in [4.69, 9.17) is 4.74 Å². The minimum Gasteiger partial charge on any atom is -0.424 e. The van der Waals surface area contributed by atoms with E-state index in [9.17, 15) is 4.79 Å². The van der Waals surface area contributed by atoms with Crippen molar-refractivity contribution >= 4 is 5.97 Å². The monoisotopic (exact) mass is 271 g/mol. The maximum atomic E-state index is 12.7. The minimum absolute atomic E-state index is 0.00209. The van der Waals surface area contributed by atoms with Crippen molar-refractivity contribution in [1.82, 2.24) is 4.98 Å². The first-order chi connectivity index (χ1) is 9.63. The predicted octanol–water partition coefficient (Wildman–Crippen LogP) is 3.51. The maximum absolute atomic E-state index is 12.7. The highest BCUT2D eigenvalue weighted by Gasteiger charge is 2.55. The smallest absolute Gasteiger partial charge is 0.317 e. The molecule has 0 aromatic carbocycles. The number of ether oxygens (including phenoxy) is 1. The lowest BCUT2D eigenvalue weighted by Gasteiger charge is -2.55. The van der Waals surface area contributed by atoms with Crippen LogP contribution in [0.2, 0.25) is 0 Å². The molecule has 0 N–H and O–H groups in total. The average molecular weight is 271 g/mol. The second-order valence-corrected chi connectivity index (χ2v) is 7.22. The molecule has 4 aliphatic rings. The molecule has 106 valence electrons. The molecular weight excluding hydrogens is 250 g/mol. The van der Waals surface area contributed by atoms with Crippen LogP contribution < -0.4 is 4.74 Å². The van der Waals surface area contributed by atoms with Gasteiger partial charge in [0.05, 0.1) is 11.6 Å². The molecule has 1 aromatic rings. The molecule has 0 unspecified atom stereocenters. The summed E-state index contributed by atoms with van der Waals surface area (Å²) in [4.78, 5) is 16.9. The lowest BCUT2D eigenvalue weighted by Crippen LogP contribution is -2.51. The summed E-state index contributed by atoms with van der Waals surface area (Å²) in [5.74, 6) is 2.90. The first-order valence-electron chi connectivity index (χ1n) is 7.78. The molecule has 1 heterocycles. The van der Waals surface area contributed by atoms with Gasteiger partial charge in [-0.15, -0.1) is 0 Å². The maximum Gasteiger partial charge on any atom is 0.317 e. The molecule has 5 rings (SSSR count). The van der Waals surface area contributed by atoms with Gasteiger partial charge in [0, 0.05) is 5.69 Å². The van der Waals surface area contributed by atoms with Crippen molar-refractivity contribution in [2.24, 2.45) is 23.2 Å². The number of pyridine rings is 1. The normalized spacial score (nSPS) is 38.0. The molecule has 0 saturated heterocycles. The molecule has 4 saturated carbocycles. The van der Waals surface area contributed by atoms with Crippen LogP contribution >= 0.6 is 0 Å². The molecule has 3 nitrogen and oxygen atoms in total. The molecule has 0 amide bonds. The van der Waals surface area contributed by atoms with E-state index in [-0.39, 0.29) is 11.4 Å². The van der Waals surface area contributed by atoms with Gasteiger partial charge in [-0.25, -0.2) is 0 Å². The fourth-order valence-corrected chi connectivity index (χ4v) is 5.09. The van der Waals surface area contributed by atoms with Crippen LogP contribution in [0.5, 0.6) is 5.75 Å². The van der Waals surface area contributed by atoms with E-state index in [1.807, 2.05) is 19.1 Å². The Morgan fingerprint density at radius 2 is 1.75 bits per heavy atom. The zero-order valence-corrected chi connectivity index (χ0v) is 12.0. The van der Waals surface area contributed by atoms with Gasteiger partial charge in [0.25, 0.3) is 0 Å². The van der Waals surface area contributed by atoms with Crippen molar-refractivity contribution in [2.45, 2.75) is 45.4 Å². The molecule has 0 aliphatic heterocycles. The highest BCUT2D eigenvalue weighted by molar-refractivity contribution is 5.79. The minimum atomic E-state index is -0.181. The van der Waals surface area contributed by atoms with Gasteiger partial charge >= 0.3 is 5.97 Å². The fraction of sp³-hybridized carbons (Fsp3) is 0.647. The molecule has 1 aromatic heterocycles. The highest BCUT2D eigenvalue weighted by atomic mass is 16.5. The first-order valence-corrected chi connectivity index (χ1v) is 7.78. The van der Waals surface area contributed by atoms with Crippen molar-refractivity contribution in [3.8, 4) is 5.75 Å². The third kappa shape index (κ3) is 1.95. The Bertz CT molecular complexity index is 499. The standard InChI is InChI=1S/C17H21NO2/c1-11-2-3-15(10-18-11)20-16(19)17-7-12-4-13(8-17)6-14(5-12)9-17/h2-3,10,12-14H,4-9H2,1H3. The molecule has 3 heteroatoms. The Morgan fingerprint density at radius 3 is 2.25 bits per heavy atom. The Labute approximate surface area is 119 Å². The van der Waals surface area contributed by atoms with Gasteiger partial charge in [0.2, 0.25) is 0 Å². The zero-order valence-electron chi connectivity index (χ0n) is 12.0. The summed E-state index contributed by atoms with van der Waals surface area (Å²) in [6.45, 7) is 1.94. The summed E-state index contributed by atoms with van der Waals surface area (Å²) in [5.41, 5.74) is 0.763. The van der Waals surface area contributed by atoms with Gasteiger partial charge < -0.3 is 4.74 Å². The third-order valence-corrected chi connectivity index (χ3v) is 5.57. The van der Waals surface area contributed by atoms with Crippen LogP contribution in [0.15, 0.2) is 18.3 Å². The third-order valence-electron chi connectivity index (χ3n) is 5.57. The summed E-state index contributed by atoms with van der Waals surface area (Å²) < 4.78 is 5.65. The largest absolute Gasteiger partial charge is 0.424 e. The number of hydrogen-bond donors (Lipinski definition) is 0. The van der Waals surface area contributed by atoms with Crippen molar-refractivity contribution in [2.75, 3.05) is 0 Å². The van der Waals surface area contributed by atoms with Crippen LogP contribution in [0.4, 0.5) is 0 Å². The van der Waals surface area contributed by atoms with E-state index < -0.39 is 0 Å². The van der Waals surface area contributed by atoms with Crippen molar-refractivity contribution < 1.29 is 9.53 Å². The Balaban J connectivity index is 1.54. The van der Waals surface area contributed by atoms with Crippen molar-refractivity contribution in [1.29, 1.82) is 0 Å². The molecular formula is C17H21NO2. The van der Waals surface area contributed by atoms with Gasteiger partial charge in [0.1, 0.15) is 5.75 Å². The van der Waals surface area contributed by atoms with Gasteiger partial charge in [-0.1, -0.05) is 0 Å². The molecule has 0 radical (unpaired) electrons. The number of nitrogens with zero attached hydrogens (tertiary/aromatic N) is 1. The van der Waals surface area contributed by atoms with E-state index in [0.29, 0.717) is 5.75 Å². The number of esters is 1. The second-order valence-electron chi connectivity index (χ2n) is 7.22. The summed E-state index contributed by atoms with van der Waals surface area (Å²) in [7, 11) is 0. The molecule has 0 atom stereocenters. The highest BCUT2D eigenvalue weighted by Crippen LogP contribution is 2.60. The average Bonchev–Trinajstić information content (AvgIpc) is 2.40. The molecule has 0 spiro atoms. The molecule has 4 aliphatic carbocycles. The number of carbonyl (C=O) groups excluding carboxylic acids is 1. The van der Waals surface area contributed by atoms with Crippen molar-refractivity contribution in [3.05, 3.63) is 24.0 Å². The van der Waals surface area contributed by atoms with Gasteiger partial charge in [0.15, 0.2) is 0 Å². The summed E-state index contributed by atoms with van der Waals surface area (Å²) in [5, 5.41) is 0. The number of rotatable bonds is 2. The zero-order chi connectivity index (χ0) is 13.7. The predicted molar refractivity (Wildman–Crippen MR) is 75.2 cm³/mol. The number of carbonyl (C=O) groups is 1. The lowest BCUT2D eigenvalue weighted by atomic mass is 9.49. The van der Waals surface area contributed by atoms with Crippen LogP contribution in [0.3, 0.4) is 0 Å². The van der Waals surface area contributed by atoms with E-state index in [2.05, 4.69) is 4.98 Å². The van der Waals surface area contributed by atoms with Crippen molar-refractivity contribution in [3.63, 3.8) is 0 Å². The number of aromatic nitrogens is 1. The van der Waals surface area contributed by atoms with Gasteiger partial charge in [-0.05, 0) is 75.3 Å². The van der Waals surface area contributed by atoms with E-state index in [0.717, 1.165) is 42.7 Å². The Morgan fingerprint density at radius 1 is 1.15 bits per heavy atom. The molecule has 4 fully saturated rings. The van der Waals surface area contributed by atoms with Crippen LogP contribution in [0.25, 0.3) is 0 Å². The molecule has 20 heavy (non-hydrogen) atoms. The number of hydrogen-bond acceptors (Lipinski definition) is 3. The first kappa shape index (κ1) is 12.4. The fourth-order valence-electron chi connectivity index (χ4n) is 5.09. The number of aryl methyl sites for hydroxylation is 1. The summed E-state index contributed by atoms with van der Waals surface area (Å²) in [6.07, 6.45) is 8.86. The van der Waals surface area contributed by atoms with Crippen LogP contribution in [-0.4, -0.2) is 11.0 Å². The topological polar surface area (TPSA) is 39.2 Å². The van der Waals surface area contributed by atoms with E-state index >= 15 is 0 Å². The summed E-state index contributed by atoms with van der Waals surface area (Å²) in [6, 6.07) is 3.74. The van der Waals surface area contributed by atoms with Gasteiger partial charge in [-0.2, -0.15) is 0 Å². The lowest BCUT2D eigenvalue weighted by molar-refractivity contribution is -0.161. The van der Waals surface area contributed by atoms with E-state index in [1.165, 1.54) is 19.3 Å². The SMILES string of the molecule is Cc1ccc(OC(=O)C23CC4CC(CC(C4)C2)C3)cn1. The quantitative estimate of drug-likeness (QED) is 0.773. The molecule has 4 bridgehead atoms. The van der Waals surface area contributed by atoms with Crippen LogP contribution in [0.1, 0.15) is 44.2 Å². The summed E-state index contributed by atoms with van der Waals surface area (Å²) >= 11 is 0. The second kappa shape index (κ2) is 4.31. The van der Waals surface area contributed by atoms with Crippen LogP contribution in [0, 0.1) is 30.1 Å². The van der Waals surface area contributed by atoms with Gasteiger partial charge in [-0.3, -0.25) is 9.78 Å². The Hall–Kier alpha value is -1.38. The van der Waals surface area contributed by atoms with Crippen LogP contribution in [-0.2, 0) is 4.79 Å².